The van der Waals surface area contributed by atoms with Gasteiger partial charge in [-0.05, 0) is 36.8 Å². The van der Waals surface area contributed by atoms with Crippen LogP contribution in [0, 0.1) is 0 Å². The van der Waals surface area contributed by atoms with E-state index < -0.39 is 30.2 Å². The lowest BCUT2D eigenvalue weighted by molar-refractivity contribution is -0.147. The number of ether oxygens (including phenoxy) is 3. The Labute approximate surface area is 189 Å². The number of amides is 1. The van der Waals surface area contributed by atoms with Crippen LogP contribution >= 0.6 is 0 Å². The van der Waals surface area contributed by atoms with E-state index in [0.29, 0.717) is 50.8 Å². The minimum absolute atomic E-state index is 0.00374. The van der Waals surface area contributed by atoms with E-state index in [2.05, 4.69) is 5.32 Å². The third-order valence-corrected chi connectivity index (χ3v) is 4.85. The van der Waals surface area contributed by atoms with Crippen molar-refractivity contribution < 1.29 is 37.0 Å². The van der Waals surface area contributed by atoms with Crippen molar-refractivity contribution >= 4 is 23.3 Å². The van der Waals surface area contributed by atoms with Gasteiger partial charge in [0.15, 0.2) is 6.61 Å². The van der Waals surface area contributed by atoms with Gasteiger partial charge in [0.25, 0.3) is 5.91 Å². The Balaban J connectivity index is 1.51. The molecule has 1 aliphatic heterocycles. The molecule has 1 N–H and O–H groups in total. The molecule has 178 valence electrons. The number of anilines is 2. The zero-order valence-corrected chi connectivity index (χ0v) is 17.9. The van der Waals surface area contributed by atoms with Crippen molar-refractivity contribution in [2.24, 2.45) is 0 Å². The van der Waals surface area contributed by atoms with Crippen molar-refractivity contribution in [2.45, 2.75) is 19.0 Å². The van der Waals surface area contributed by atoms with Crippen LogP contribution in [0.5, 0.6) is 5.75 Å². The Morgan fingerprint density at radius 3 is 2.48 bits per heavy atom. The number of carbonyl (C=O) groups excluding carboxylic acids is 2. The van der Waals surface area contributed by atoms with E-state index in [4.69, 9.17) is 14.2 Å². The normalized spacial score (nSPS) is 14.0. The minimum atomic E-state index is -4.56. The SMILES string of the molecule is O=C(COC(=O)CCCOc1ccccc1)Nc1cc(C(F)(F)F)ccc1N1CCOCC1. The highest BCUT2D eigenvalue weighted by atomic mass is 19.4. The van der Waals surface area contributed by atoms with Crippen LogP contribution in [-0.2, 0) is 25.2 Å². The van der Waals surface area contributed by atoms with Gasteiger partial charge in [0.2, 0.25) is 0 Å². The molecule has 2 aromatic carbocycles. The van der Waals surface area contributed by atoms with E-state index in [9.17, 15) is 22.8 Å². The average molecular weight is 466 g/mol. The number of esters is 1. The van der Waals surface area contributed by atoms with Crippen LogP contribution in [0.2, 0.25) is 0 Å². The highest BCUT2D eigenvalue weighted by molar-refractivity contribution is 5.96. The van der Waals surface area contributed by atoms with Crippen LogP contribution in [0.15, 0.2) is 48.5 Å². The summed E-state index contributed by atoms with van der Waals surface area (Å²) in [6, 6.07) is 12.3. The smallest absolute Gasteiger partial charge is 0.416 e. The molecule has 3 rings (SSSR count). The number of hydrogen-bond donors (Lipinski definition) is 1. The molecule has 0 radical (unpaired) electrons. The van der Waals surface area contributed by atoms with Gasteiger partial charge in [-0.25, -0.2) is 0 Å². The van der Waals surface area contributed by atoms with E-state index in [1.54, 1.807) is 12.1 Å². The second-order valence-corrected chi connectivity index (χ2v) is 7.30. The Morgan fingerprint density at radius 2 is 1.79 bits per heavy atom. The predicted octanol–water partition coefficient (Wildman–Crippen LogP) is 3.88. The maximum Gasteiger partial charge on any atom is 0.416 e. The molecule has 0 atom stereocenters. The van der Waals surface area contributed by atoms with Gasteiger partial charge in [-0.1, -0.05) is 18.2 Å². The van der Waals surface area contributed by atoms with Crippen molar-refractivity contribution in [3.8, 4) is 5.75 Å². The van der Waals surface area contributed by atoms with Crippen LogP contribution < -0.4 is 15.0 Å². The summed E-state index contributed by atoms with van der Waals surface area (Å²) >= 11 is 0. The van der Waals surface area contributed by atoms with Gasteiger partial charge in [0.05, 0.1) is 36.8 Å². The Hall–Kier alpha value is -3.27. The van der Waals surface area contributed by atoms with E-state index in [0.717, 1.165) is 12.1 Å². The first-order valence-corrected chi connectivity index (χ1v) is 10.5. The van der Waals surface area contributed by atoms with Crippen molar-refractivity contribution in [3.05, 3.63) is 54.1 Å². The maximum absolute atomic E-state index is 13.2. The van der Waals surface area contributed by atoms with Crippen LogP contribution in [-0.4, -0.2) is 51.4 Å². The molecule has 0 spiro atoms. The molecule has 0 bridgehead atoms. The van der Waals surface area contributed by atoms with Gasteiger partial charge in [-0.15, -0.1) is 0 Å². The molecule has 7 nitrogen and oxygen atoms in total. The standard InChI is InChI=1S/C23H25F3N2O5/c24-23(25,26)17-8-9-20(28-10-13-31-14-11-28)19(15-17)27-21(29)16-33-22(30)7-4-12-32-18-5-2-1-3-6-18/h1-3,5-6,8-9,15H,4,7,10-14,16H2,(H,27,29). The van der Waals surface area contributed by atoms with Gasteiger partial charge in [-0.3, -0.25) is 9.59 Å². The molecular formula is C23H25F3N2O5. The number of hydrogen-bond acceptors (Lipinski definition) is 6. The largest absolute Gasteiger partial charge is 0.494 e. The van der Waals surface area contributed by atoms with Crippen molar-refractivity contribution in [1.82, 2.24) is 0 Å². The summed E-state index contributed by atoms with van der Waals surface area (Å²) in [5.41, 5.74) is -0.432. The third kappa shape index (κ3) is 7.67. The quantitative estimate of drug-likeness (QED) is 0.447. The number of morpholine rings is 1. The molecule has 0 aromatic heterocycles. The molecule has 1 fully saturated rings. The van der Waals surface area contributed by atoms with Crippen molar-refractivity contribution in [3.63, 3.8) is 0 Å². The molecule has 1 aliphatic rings. The summed E-state index contributed by atoms with van der Waals surface area (Å²) in [7, 11) is 0. The number of benzene rings is 2. The zero-order valence-electron chi connectivity index (χ0n) is 17.9. The summed E-state index contributed by atoms with van der Waals surface area (Å²) in [6.45, 7) is 1.53. The fourth-order valence-corrected chi connectivity index (χ4v) is 3.22. The molecule has 0 aliphatic carbocycles. The molecule has 1 heterocycles. The van der Waals surface area contributed by atoms with Crippen LogP contribution in [0.3, 0.4) is 0 Å². The predicted molar refractivity (Wildman–Crippen MR) is 115 cm³/mol. The summed E-state index contributed by atoms with van der Waals surface area (Å²) in [6.07, 6.45) is -4.12. The van der Waals surface area contributed by atoms with Gasteiger partial charge in [-0.2, -0.15) is 13.2 Å². The van der Waals surface area contributed by atoms with Crippen LogP contribution in [0.25, 0.3) is 0 Å². The number of nitrogens with zero attached hydrogens (tertiary/aromatic N) is 1. The Morgan fingerprint density at radius 1 is 1.06 bits per heavy atom. The second kappa shape index (κ2) is 11.6. The summed E-state index contributed by atoms with van der Waals surface area (Å²) in [4.78, 5) is 26.0. The number of halogens is 3. The summed E-state index contributed by atoms with van der Waals surface area (Å²) < 4.78 is 55.2. The van der Waals surface area contributed by atoms with Crippen molar-refractivity contribution in [2.75, 3.05) is 49.7 Å². The zero-order chi connectivity index (χ0) is 23.7. The first kappa shape index (κ1) is 24.4. The minimum Gasteiger partial charge on any atom is -0.494 e. The van der Waals surface area contributed by atoms with Crippen LogP contribution in [0.4, 0.5) is 24.5 Å². The molecule has 33 heavy (non-hydrogen) atoms. The number of nitrogens with one attached hydrogen (secondary N) is 1. The van der Waals surface area contributed by atoms with E-state index in [-0.39, 0.29) is 12.1 Å². The second-order valence-electron chi connectivity index (χ2n) is 7.30. The van der Waals surface area contributed by atoms with E-state index in [1.807, 2.05) is 23.1 Å². The highest BCUT2D eigenvalue weighted by Crippen LogP contribution is 2.35. The van der Waals surface area contributed by atoms with E-state index >= 15 is 0 Å². The fraction of sp³-hybridized carbons (Fsp3) is 0.391. The number of carbonyl (C=O) groups is 2. The maximum atomic E-state index is 13.2. The highest BCUT2D eigenvalue weighted by Gasteiger charge is 2.32. The lowest BCUT2D eigenvalue weighted by Crippen LogP contribution is -2.37. The van der Waals surface area contributed by atoms with Crippen molar-refractivity contribution in [1.29, 1.82) is 0 Å². The number of alkyl halides is 3. The molecule has 10 heteroatoms. The number of rotatable bonds is 9. The van der Waals surface area contributed by atoms with E-state index in [1.165, 1.54) is 6.07 Å². The molecule has 1 saturated heterocycles. The molecule has 0 saturated carbocycles. The van der Waals surface area contributed by atoms with Gasteiger partial charge in [0.1, 0.15) is 5.75 Å². The Kier molecular flexibility index (Phi) is 8.53. The molecule has 2 aromatic rings. The van der Waals surface area contributed by atoms with Gasteiger partial charge >= 0.3 is 12.1 Å². The summed E-state index contributed by atoms with van der Waals surface area (Å²) in [5, 5.41) is 2.44. The monoisotopic (exact) mass is 466 g/mol. The number of para-hydroxylation sites is 1. The molecule has 1 amide bonds. The summed E-state index contributed by atoms with van der Waals surface area (Å²) in [5.74, 6) is -0.639. The molecular weight excluding hydrogens is 441 g/mol. The Bertz CT molecular complexity index is 931. The van der Waals surface area contributed by atoms with Gasteiger partial charge < -0.3 is 24.4 Å². The average Bonchev–Trinajstić information content (AvgIpc) is 2.81. The van der Waals surface area contributed by atoms with Crippen LogP contribution in [0.1, 0.15) is 18.4 Å². The molecule has 0 unspecified atom stereocenters. The first-order valence-electron chi connectivity index (χ1n) is 10.5. The topological polar surface area (TPSA) is 77.1 Å². The fourth-order valence-electron chi connectivity index (χ4n) is 3.22. The lowest BCUT2D eigenvalue weighted by atomic mass is 10.1. The first-order chi connectivity index (χ1) is 15.8. The van der Waals surface area contributed by atoms with Gasteiger partial charge in [0, 0.05) is 19.5 Å². The lowest BCUT2D eigenvalue weighted by Gasteiger charge is -2.31. The third-order valence-electron chi connectivity index (χ3n) is 4.85.